The zero-order valence-electron chi connectivity index (χ0n) is 16.5. The average molecular weight is 392 g/mol. The van der Waals surface area contributed by atoms with E-state index in [1.807, 2.05) is 24.3 Å². The number of rotatable bonds is 4. The van der Waals surface area contributed by atoms with Crippen LogP contribution in [0, 0.1) is 0 Å². The van der Waals surface area contributed by atoms with Crippen LogP contribution in [0.2, 0.25) is 0 Å². The minimum Gasteiger partial charge on any atom is -0.444 e. The molecule has 0 aromatic heterocycles. The highest BCUT2D eigenvalue weighted by Gasteiger charge is 2.20. The van der Waals surface area contributed by atoms with E-state index in [9.17, 15) is 14.4 Å². The Balaban J connectivity index is 1.71. The summed E-state index contributed by atoms with van der Waals surface area (Å²) in [5.74, 6) is 0. The Morgan fingerprint density at radius 2 is 1.46 bits per heavy atom. The second-order valence-corrected chi connectivity index (χ2v) is 7.42. The van der Waals surface area contributed by atoms with Gasteiger partial charge in [-0.05, 0) is 31.9 Å². The lowest BCUT2D eigenvalue weighted by molar-refractivity contribution is 0.0523. The van der Waals surface area contributed by atoms with Crippen molar-refractivity contribution in [3.63, 3.8) is 0 Å². The summed E-state index contributed by atoms with van der Waals surface area (Å²) in [6.45, 7) is 8.38. The van der Waals surface area contributed by atoms with Crippen LogP contribution in [0.5, 0.6) is 0 Å². The lowest BCUT2D eigenvalue weighted by Gasteiger charge is -2.25. The molecule has 1 aromatic carbocycles. The van der Waals surface area contributed by atoms with Gasteiger partial charge in [0, 0.05) is 39.3 Å². The molecule has 9 nitrogen and oxygen atoms in total. The Labute approximate surface area is 164 Å². The van der Waals surface area contributed by atoms with Crippen molar-refractivity contribution in [2.75, 3.05) is 26.2 Å². The summed E-state index contributed by atoms with van der Waals surface area (Å²) >= 11 is 0. The van der Waals surface area contributed by atoms with Gasteiger partial charge in [0.15, 0.2) is 0 Å². The summed E-state index contributed by atoms with van der Waals surface area (Å²) < 4.78 is 9.97. The number of hydrogen-bond acceptors (Lipinski definition) is 6. The van der Waals surface area contributed by atoms with E-state index in [0.717, 1.165) is 11.1 Å². The number of carbonyl (C=O) groups is 3. The number of alkyl carbamates (subject to hydrolysis) is 2. The fraction of sp³-hybridized carbons (Fsp3) is 0.526. The van der Waals surface area contributed by atoms with Gasteiger partial charge in [0.2, 0.25) is 0 Å². The van der Waals surface area contributed by atoms with Gasteiger partial charge < -0.3 is 30.3 Å². The Kier molecular flexibility index (Phi) is 7.62. The zero-order chi connectivity index (χ0) is 20.6. The molecule has 3 amide bonds. The van der Waals surface area contributed by atoms with Crippen LogP contribution in [0.25, 0.3) is 0 Å². The quantitative estimate of drug-likeness (QED) is 0.676. The number of piperazine rings is 1. The fourth-order valence-corrected chi connectivity index (χ4v) is 2.46. The SMILES string of the molecule is CC(C)(C)OC(=O)NCc1ccc(CNC(=O)OC(=O)N2CCNCC2)cc1. The van der Waals surface area contributed by atoms with Crippen LogP contribution in [0.4, 0.5) is 14.4 Å². The molecule has 0 spiro atoms. The number of amides is 3. The molecule has 1 heterocycles. The maximum atomic E-state index is 11.8. The molecule has 1 fully saturated rings. The Morgan fingerprint density at radius 1 is 0.964 bits per heavy atom. The molecule has 0 radical (unpaired) electrons. The van der Waals surface area contributed by atoms with Crippen molar-refractivity contribution >= 4 is 18.3 Å². The maximum absolute atomic E-state index is 11.8. The van der Waals surface area contributed by atoms with E-state index in [4.69, 9.17) is 9.47 Å². The molecule has 0 unspecified atom stereocenters. The van der Waals surface area contributed by atoms with E-state index in [1.165, 1.54) is 4.90 Å². The highest BCUT2D eigenvalue weighted by Crippen LogP contribution is 2.08. The van der Waals surface area contributed by atoms with Crippen molar-refractivity contribution in [3.05, 3.63) is 35.4 Å². The summed E-state index contributed by atoms with van der Waals surface area (Å²) in [5, 5.41) is 8.35. The first-order valence-corrected chi connectivity index (χ1v) is 9.23. The van der Waals surface area contributed by atoms with Gasteiger partial charge in [0.05, 0.1) is 0 Å². The maximum Gasteiger partial charge on any atom is 0.418 e. The molecule has 0 saturated carbocycles. The summed E-state index contributed by atoms with van der Waals surface area (Å²) in [5.41, 5.74) is 1.19. The van der Waals surface area contributed by atoms with E-state index >= 15 is 0 Å². The molecular formula is C19H28N4O5. The van der Waals surface area contributed by atoms with E-state index in [2.05, 4.69) is 16.0 Å². The number of carbonyl (C=O) groups excluding carboxylic acids is 3. The van der Waals surface area contributed by atoms with Crippen LogP contribution in [-0.4, -0.2) is 55.0 Å². The van der Waals surface area contributed by atoms with Crippen molar-refractivity contribution in [1.29, 1.82) is 0 Å². The Hall–Kier alpha value is -2.81. The smallest absolute Gasteiger partial charge is 0.418 e. The van der Waals surface area contributed by atoms with Gasteiger partial charge in [-0.3, -0.25) is 0 Å². The minimum absolute atomic E-state index is 0.230. The first kappa shape index (κ1) is 21.5. The molecule has 0 bridgehead atoms. The van der Waals surface area contributed by atoms with Crippen molar-refractivity contribution in [3.8, 4) is 0 Å². The molecule has 1 saturated heterocycles. The molecule has 0 atom stereocenters. The second kappa shape index (κ2) is 9.93. The molecule has 3 N–H and O–H groups in total. The highest BCUT2D eigenvalue weighted by molar-refractivity contribution is 5.83. The molecule has 0 aliphatic carbocycles. The standard InChI is InChI=1S/C19H28N4O5/c1-19(2,3)28-17(25)22-13-15-6-4-14(5-7-15)12-21-16(24)27-18(26)23-10-8-20-9-11-23/h4-7,20H,8-13H2,1-3H3,(H,21,24)(H,22,25). The van der Waals surface area contributed by atoms with Crippen LogP contribution in [0.1, 0.15) is 31.9 Å². The molecule has 1 aromatic rings. The summed E-state index contributed by atoms with van der Waals surface area (Å²) in [7, 11) is 0. The first-order valence-electron chi connectivity index (χ1n) is 9.23. The molecule has 154 valence electrons. The van der Waals surface area contributed by atoms with Gasteiger partial charge in [-0.15, -0.1) is 0 Å². The van der Waals surface area contributed by atoms with E-state index in [-0.39, 0.29) is 6.54 Å². The molecule has 1 aliphatic heterocycles. The number of nitrogens with one attached hydrogen (secondary N) is 3. The van der Waals surface area contributed by atoms with Crippen LogP contribution >= 0.6 is 0 Å². The van der Waals surface area contributed by atoms with Gasteiger partial charge in [-0.2, -0.15) is 0 Å². The highest BCUT2D eigenvalue weighted by atomic mass is 16.6. The summed E-state index contributed by atoms with van der Waals surface area (Å²) in [6.07, 6.45) is -1.89. The summed E-state index contributed by atoms with van der Waals surface area (Å²) in [4.78, 5) is 36.8. The Morgan fingerprint density at radius 3 is 1.96 bits per heavy atom. The lowest BCUT2D eigenvalue weighted by atomic mass is 10.1. The third-order valence-corrected chi connectivity index (χ3v) is 3.85. The number of benzene rings is 1. The molecule has 28 heavy (non-hydrogen) atoms. The second-order valence-electron chi connectivity index (χ2n) is 7.42. The zero-order valence-corrected chi connectivity index (χ0v) is 16.5. The van der Waals surface area contributed by atoms with Crippen LogP contribution in [0.3, 0.4) is 0 Å². The van der Waals surface area contributed by atoms with Gasteiger partial charge in [0.1, 0.15) is 5.60 Å². The fourth-order valence-electron chi connectivity index (χ4n) is 2.46. The molecular weight excluding hydrogens is 364 g/mol. The van der Waals surface area contributed by atoms with Gasteiger partial charge in [-0.1, -0.05) is 24.3 Å². The van der Waals surface area contributed by atoms with Gasteiger partial charge in [-0.25, -0.2) is 14.4 Å². The topological polar surface area (TPSA) is 109 Å². The number of ether oxygens (including phenoxy) is 2. The summed E-state index contributed by atoms with van der Waals surface area (Å²) in [6, 6.07) is 7.33. The molecule has 9 heteroatoms. The average Bonchev–Trinajstić information content (AvgIpc) is 2.65. The predicted octanol–water partition coefficient (Wildman–Crippen LogP) is 1.96. The minimum atomic E-state index is -0.779. The van der Waals surface area contributed by atoms with Crippen molar-refractivity contribution in [2.45, 2.75) is 39.5 Å². The lowest BCUT2D eigenvalue weighted by Crippen LogP contribution is -2.47. The third kappa shape index (κ3) is 7.83. The number of hydrogen-bond donors (Lipinski definition) is 3. The van der Waals surface area contributed by atoms with Crippen LogP contribution in [-0.2, 0) is 22.6 Å². The normalized spacial score (nSPS) is 14.2. The molecule has 2 rings (SSSR count). The number of nitrogens with zero attached hydrogens (tertiary/aromatic N) is 1. The third-order valence-electron chi connectivity index (χ3n) is 3.85. The van der Waals surface area contributed by atoms with Crippen molar-refractivity contribution < 1.29 is 23.9 Å². The predicted molar refractivity (Wildman–Crippen MR) is 103 cm³/mol. The van der Waals surface area contributed by atoms with Crippen molar-refractivity contribution in [1.82, 2.24) is 20.9 Å². The monoisotopic (exact) mass is 392 g/mol. The largest absolute Gasteiger partial charge is 0.444 e. The van der Waals surface area contributed by atoms with E-state index < -0.39 is 23.9 Å². The van der Waals surface area contributed by atoms with Crippen LogP contribution < -0.4 is 16.0 Å². The van der Waals surface area contributed by atoms with Crippen molar-refractivity contribution in [2.24, 2.45) is 0 Å². The van der Waals surface area contributed by atoms with Gasteiger partial charge >= 0.3 is 18.3 Å². The Bertz CT molecular complexity index is 679. The van der Waals surface area contributed by atoms with E-state index in [0.29, 0.717) is 32.7 Å². The molecule has 1 aliphatic rings. The van der Waals surface area contributed by atoms with E-state index in [1.54, 1.807) is 20.8 Å². The van der Waals surface area contributed by atoms with Gasteiger partial charge in [0.25, 0.3) is 0 Å². The van der Waals surface area contributed by atoms with Crippen LogP contribution in [0.15, 0.2) is 24.3 Å². The first-order chi connectivity index (χ1) is 13.2.